The number of nitrogens with zero attached hydrogens (tertiary/aromatic N) is 4. The second-order valence-corrected chi connectivity index (χ2v) is 11.7. The second-order valence-electron chi connectivity index (χ2n) is 10.9. The molecule has 0 radical (unpaired) electrons. The maximum absolute atomic E-state index is 13.5. The highest BCUT2D eigenvalue weighted by molar-refractivity contribution is 6.43. The SMILES string of the molecule is NCC(O)N1CCCC1C(=O)N1C(=O)CCc2ccc(OCCCCN3CCN(c4cccc(Cl)c4Cl)CC3)cc21. The molecule has 0 spiro atoms. The summed E-state index contributed by atoms with van der Waals surface area (Å²) >= 11 is 12.6. The third-order valence-electron chi connectivity index (χ3n) is 8.33. The molecule has 222 valence electrons. The highest BCUT2D eigenvalue weighted by atomic mass is 35.5. The lowest BCUT2D eigenvalue weighted by molar-refractivity contribution is -0.131. The van der Waals surface area contributed by atoms with Crippen molar-refractivity contribution in [1.82, 2.24) is 9.80 Å². The number of aryl methyl sites for hydroxylation is 1. The highest BCUT2D eigenvalue weighted by Gasteiger charge is 2.40. The van der Waals surface area contributed by atoms with Crippen LogP contribution < -0.4 is 20.3 Å². The predicted molar refractivity (Wildman–Crippen MR) is 162 cm³/mol. The number of unbranched alkanes of at least 4 members (excludes halogenated alkanes) is 1. The van der Waals surface area contributed by atoms with Gasteiger partial charge in [0.25, 0.3) is 5.91 Å². The van der Waals surface area contributed by atoms with E-state index in [0.29, 0.717) is 47.5 Å². The fourth-order valence-electron chi connectivity index (χ4n) is 6.05. The zero-order chi connectivity index (χ0) is 28.9. The van der Waals surface area contributed by atoms with Crippen molar-refractivity contribution in [3.63, 3.8) is 0 Å². The predicted octanol–water partition coefficient (Wildman–Crippen LogP) is 3.52. The van der Waals surface area contributed by atoms with E-state index in [4.69, 9.17) is 33.7 Å². The number of amides is 2. The van der Waals surface area contributed by atoms with Crippen LogP contribution in [0.4, 0.5) is 11.4 Å². The third-order valence-corrected chi connectivity index (χ3v) is 9.14. The second kappa shape index (κ2) is 13.7. The number of halogens is 2. The molecule has 11 heteroatoms. The van der Waals surface area contributed by atoms with Crippen molar-refractivity contribution >= 4 is 46.4 Å². The van der Waals surface area contributed by atoms with E-state index in [1.807, 2.05) is 36.4 Å². The Kier molecular flexibility index (Phi) is 10.1. The van der Waals surface area contributed by atoms with Crippen molar-refractivity contribution in [2.45, 2.75) is 50.8 Å². The minimum absolute atomic E-state index is 0.0421. The van der Waals surface area contributed by atoms with E-state index < -0.39 is 12.3 Å². The third kappa shape index (κ3) is 6.82. The van der Waals surface area contributed by atoms with Gasteiger partial charge in [0, 0.05) is 51.8 Å². The zero-order valence-electron chi connectivity index (χ0n) is 23.3. The van der Waals surface area contributed by atoms with Crippen molar-refractivity contribution in [2.24, 2.45) is 5.73 Å². The van der Waals surface area contributed by atoms with E-state index in [9.17, 15) is 14.7 Å². The maximum Gasteiger partial charge on any atom is 0.251 e. The molecule has 3 heterocycles. The van der Waals surface area contributed by atoms with E-state index >= 15 is 0 Å². The van der Waals surface area contributed by atoms with E-state index in [1.54, 1.807) is 4.90 Å². The Morgan fingerprint density at radius 3 is 2.63 bits per heavy atom. The van der Waals surface area contributed by atoms with Crippen LogP contribution in [0.1, 0.15) is 37.7 Å². The Morgan fingerprint density at radius 1 is 1.05 bits per heavy atom. The fourth-order valence-corrected chi connectivity index (χ4v) is 6.47. The number of rotatable bonds is 10. The summed E-state index contributed by atoms with van der Waals surface area (Å²) in [5.41, 5.74) is 8.19. The molecule has 2 saturated heterocycles. The molecule has 2 amide bonds. The first-order valence-corrected chi connectivity index (χ1v) is 15.3. The lowest BCUT2D eigenvalue weighted by Gasteiger charge is -2.36. The lowest BCUT2D eigenvalue weighted by Crippen LogP contribution is -2.53. The van der Waals surface area contributed by atoms with Crippen molar-refractivity contribution in [2.75, 3.05) is 62.2 Å². The number of benzene rings is 2. The van der Waals surface area contributed by atoms with E-state index in [2.05, 4.69) is 9.80 Å². The summed E-state index contributed by atoms with van der Waals surface area (Å²) in [5.74, 6) is 0.135. The first kappa shape index (κ1) is 30.1. The summed E-state index contributed by atoms with van der Waals surface area (Å²) in [5, 5.41) is 11.5. The average molecular weight is 605 g/mol. The number of likely N-dealkylation sites (tertiary alicyclic amines) is 1. The Morgan fingerprint density at radius 2 is 1.85 bits per heavy atom. The summed E-state index contributed by atoms with van der Waals surface area (Å²) < 4.78 is 6.06. The van der Waals surface area contributed by atoms with Gasteiger partial charge in [0.15, 0.2) is 0 Å². The molecule has 0 saturated carbocycles. The number of nitrogens with two attached hydrogens (primary N) is 1. The van der Waals surface area contributed by atoms with Gasteiger partial charge in [0.05, 0.1) is 34.1 Å². The molecule has 0 bridgehead atoms. The number of anilines is 2. The summed E-state index contributed by atoms with van der Waals surface area (Å²) in [7, 11) is 0. The number of carbonyl (C=O) groups is 2. The van der Waals surface area contributed by atoms with Crippen LogP contribution in [0.2, 0.25) is 10.0 Å². The van der Waals surface area contributed by atoms with Crippen molar-refractivity contribution in [3.05, 3.63) is 52.0 Å². The van der Waals surface area contributed by atoms with Crippen LogP contribution in [0.3, 0.4) is 0 Å². The molecule has 2 aromatic rings. The van der Waals surface area contributed by atoms with Crippen LogP contribution in [0.5, 0.6) is 5.75 Å². The smallest absolute Gasteiger partial charge is 0.251 e. The molecule has 2 fully saturated rings. The first-order chi connectivity index (χ1) is 19.9. The number of hydrogen-bond donors (Lipinski definition) is 2. The molecule has 9 nitrogen and oxygen atoms in total. The largest absolute Gasteiger partial charge is 0.494 e. The number of imide groups is 1. The van der Waals surface area contributed by atoms with Gasteiger partial charge in [-0.3, -0.25) is 19.4 Å². The van der Waals surface area contributed by atoms with Gasteiger partial charge in [-0.15, -0.1) is 0 Å². The van der Waals surface area contributed by atoms with Crippen molar-refractivity contribution < 1.29 is 19.4 Å². The molecule has 3 aliphatic heterocycles. The molecular formula is C30H39Cl2N5O4. The van der Waals surface area contributed by atoms with E-state index in [0.717, 1.165) is 63.2 Å². The molecule has 3 aliphatic rings. The molecular weight excluding hydrogens is 565 g/mol. The van der Waals surface area contributed by atoms with Crippen LogP contribution in [-0.2, 0) is 16.0 Å². The van der Waals surface area contributed by atoms with Crippen LogP contribution in [0.25, 0.3) is 0 Å². The number of aliphatic hydroxyl groups is 1. The van der Waals surface area contributed by atoms with Gasteiger partial charge < -0.3 is 20.5 Å². The number of aliphatic hydroxyl groups excluding tert-OH is 1. The molecule has 0 aromatic heterocycles. The summed E-state index contributed by atoms with van der Waals surface area (Å²) in [6.45, 7) is 5.91. The van der Waals surface area contributed by atoms with Gasteiger partial charge in [0.1, 0.15) is 12.0 Å². The van der Waals surface area contributed by atoms with Crippen LogP contribution in [0, 0.1) is 0 Å². The summed E-state index contributed by atoms with van der Waals surface area (Å²) in [6, 6.07) is 10.9. The minimum Gasteiger partial charge on any atom is -0.494 e. The standard InChI is InChI=1S/C30H39Cl2N5O4/c31-23-5-3-6-24(29(23)32)35-16-14-34(15-17-35)12-1-2-18-41-22-10-8-21-9-11-27(38)37(26(21)19-22)30(40)25-7-4-13-36(25)28(39)20-33/h3,5-6,8,10,19,25,28,39H,1-2,4,7,9,11-18,20,33H2. The Balaban J connectivity index is 1.11. The molecule has 41 heavy (non-hydrogen) atoms. The van der Waals surface area contributed by atoms with Crippen LogP contribution in [0.15, 0.2) is 36.4 Å². The maximum atomic E-state index is 13.5. The van der Waals surface area contributed by atoms with Gasteiger partial charge >= 0.3 is 0 Å². The highest BCUT2D eigenvalue weighted by Crippen LogP contribution is 2.35. The Labute approximate surface area is 251 Å². The zero-order valence-corrected chi connectivity index (χ0v) is 24.8. The van der Waals surface area contributed by atoms with Gasteiger partial charge in [-0.25, -0.2) is 4.90 Å². The van der Waals surface area contributed by atoms with Crippen molar-refractivity contribution in [1.29, 1.82) is 0 Å². The lowest BCUT2D eigenvalue weighted by atomic mass is 9.99. The molecule has 5 rings (SSSR count). The number of fused-ring (bicyclic) bond motifs is 1. The van der Waals surface area contributed by atoms with Crippen LogP contribution >= 0.6 is 23.2 Å². The number of carbonyl (C=O) groups excluding carboxylic acids is 2. The van der Waals surface area contributed by atoms with Crippen molar-refractivity contribution in [3.8, 4) is 5.75 Å². The fraction of sp³-hybridized carbons (Fsp3) is 0.533. The Hall–Kier alpha value is -2.40. The van der Waals surface area contributed by atoms with E-state index in [1.165, 1.54) is 4.90 Å². The summed E-state index contributed by atoms with van der Waals surface area (Å²) in [6.07, 6.45) is 3.25. The molecule has 2 aromatic carbocycles. The average Bonchev–Trinajstić information content (AvgIpc) is 3.48. The first-order valence-electron chi connectivity index (χ1n) is 14.5. The summed E-state index contributed by atoms with van der Waals surface area (Å²) in [4.78, 5) is 34.2. The topological polar surface area (TPSA) is 103 Å². The number of ether oxygens (including phenoxy) is 1. The molecule has 3 N–H and O–H groups in total. The minimum atomic E-state index is -0.897. The van der Waals surface area contributed by atoms with Gasteiger partial charge in [0.2, 0.25) is 5.91 Å². The molecule has 2 unspecified atom stereocenters. The molecule has 0 aliphatic carbocycles. The van der Waals surface area contributed by atoms with Crippen LogP contribution in [-0.4, -0.2) is 91.4 Å². The van der Waals surface area contributed by atoms with E-state index in [-0.39, 0.29) is 24.8 Å². The van der Waals surface area contributed by atoms with Gasteiger partial charge in [-0.05, 0) is 62.4 Å². The Bertz CT molecular complexity index is 1240. The monoisotopic (exact) mass is 603 g/mol. The number of piperazine rings is 1. The normalized spacial score (nSPS) is 20.8. The quantitative estimate of drug-likeness (QED) is 0.314. The van der Waals surface area contributed by atoms with Gasteiger partial charge in [-0.1, -0.05) is 35.3 Å². The van der Waals surface area contributed by atoms with Gasteiger partial charge in [-0.2, -0.15) is 0 Å². The number of hydrogen-bond acceptors (Lipinski definition) is 8. The molecule has 2 atom stereocenters.